The average molecular weight is 386 g/mol. The molecule has 3 aromatic rings. The Kier molecular flexibility index (Phi) is 5.49. The quantitative estimate of drug-likeness (QED) is 0.699. The first-order chi connectivity index (χ1) is 12.5. The van der Waals surface area contributed by atoms with Crippen LogP contribution in [0.4, 0.5) is 5.13 Å². The van der Waals surface area contributed by atoms with Crippen LogP contribution in [0.1, 0.15) is 11.8 Å². The lowest BCUT2D eigenvalue weighted by Gasteiger charge is -2.04. The standard InChI is InChI=1S/C19H18N2O3S2/c1-2-16-18(14-9-5-3-6-10-14)21-19(25-16)20-17(22)13-26(23,24)15-11-7-4-8-12-15/h3-12H,2,13H2,1H3,(H,20,21,22). The van der Waals surface area contributed by atoms with E-state index in [0.29, 0.717) is 5.13 Å². The summed E-state index contributed by atoms with van der Waals surface area (Å²) in [6.07, 6.45) is 0.778. The van der Waals surface area contributed by atoms with Crippen LogP contribution in [-0.4, -0.2) is 25.1 Å². The van der Waals surface area contributed by atoms with Crippen LogP contribution in [0.2, 0.25) is 0 Å². The summed E-state index contributed by atoms with van der Waals surface area (Å²) >= 11 is 1.37. The number of thiazole rings is 1. The van der Waals surface area contributed by atoms with E-state index in [2.05, 4.69) is 10.3 Å². The van der Waals surface area contributed by atoms with Gasteiger partial charge < -0.3 is 5.32 Å². The number of benzene rings is 2. The van der Waals surface area contributed by atoms with Gasteiger partial charge in [-0.25, -0.2) is 13.4 Å². The van der Waals surface area contributed by atoms with E-state index in [1.165, 1.54) is 23.5 Å². The van der Waals surface area contributed by atoms with Gasteiger partial charge in [0.1, 0.15) is 5.75 Å². The van der Waals surface area contributed by atoms with Crippen LogP contribution < -0.4 is 5.32 Å². The summed E-state index contributed by atoms with van der Waals surface area (Å²) in [5.74, 6) is -1.21. The fraction of sp³-hybridized carbons (Fsp3) is 0.158. The van der Waals surface area contributed by atoms with E-state index in [9.17, 15) is 13.2 Å². The highest BCUT2D eigenvalue weighted by Crippen LogP contribution is 2.31. The van der Waals surface area contributed by atoms with E-state index >= 15 is 0 Å². The second kappa shape index (κ2) is 7.80. The van der Waals surface area contributed by atoms with Crippen LogP contribution in [0.15, 0.2) is 65.6 Å². The van der Waals surface area contributed by atoms with Gasteiger partial charge >= 0.3 is 0 Å². The zero-order valence-electron chi connectivity index (χ0n) is 14.2. The molecule has 0 saturated heterocycles. The Morgan fingerprint density at radius 2 is 1.65 bits per heavy atom. The molecule has 2 aromatic carbocycles. The van der Waals surface area contributed by atoms with E-state index in [-0.39, 0.29) is 4.90 Å². The minimum atomic E-state index is -3.68. The number of sulfone groups is 1. The fourth-order valence-corrected chi connectivity index (χ4v) is 4.60. The molecule has 0 atom stereocenters. The molecule has 7 heteroatoms. The smallest absolute Gasteiger partial charge is 0.241 e. The summed E-state index contributed by atoms with van der Waals surface area (Å²) in [6.45, 7) is 2.02. The van der Waals surface area contributed by atoms with E-state index in [1.54, 1.807) is 18.2 Å². The Labute approximate surface area is 156 Å². The summed E-state index contributed by atoms with van der Waals surface area (Å²) in [6, 6.07) is 17.7. The van der Waals surface area contributed by atoms with Crippen LogP contribution in [0.5, 0.6) is 0 Å². The first kappa shape index (κ1) is 18.3. The number of amides is 1. The van der Waals surface area contributed by atoms with Crippen molar-refractivity contribution in [2.24, 2.45) is 0 Å². The highest BCUT2D eigenvalue weighted by molar-refractivity contribution is 7.92. The van der Waals surface area contributed by atoms with Crippen molar-refractivity contribution in [2.75, 3.05) is 11.1 Å². The number of rotatable bonds is 6. The summed E-state index contributed by atoms with van der Waals surface area (Å²) in [7, 11) is -3.68. The van der Waals surface area contributed by atoms with Gasteiger partial charge in [0.15, 0.2) is 15.0 Å². The molecule has 1 amide bonds. The molecule has 26 heavy (non-hydrogen) atoms. The summed E-state index contributed by atoms with van der Waals surface area (Å²) in [5, 5.41) is 3.03. The molecule has 1 N–H and O–H groups in total. The Bertz CT molecular complexity index is 998. The van der Waals surface area contributed by atoms with Gasteiger partial charge in [0.25, 0.3) is 0 Å². The Hall–Kier alpha value is -2.51. The molecule has 0 aliphatic rings. The van der Waals surface area contributed by atoms with E-state index < -0.39 is 21.5 Å². The molecule has 5 nitrogen and oxygen atoms in total. The second-order valence-corrected chi connectivity index (χ2v) is 8.70. The van der Waals surface area contributed by atoms with Crippen molar-refractivity contribution in [1.82, 2.24) is 4.98 Å². The zero-order valence-corrected chi connectivity index (χ0v) is 15.8. The number of anilines is 1. The van der Waals surface area contributed by atoms with Gasteiger partial charge in [-0.2, -0.15) is 0 Å². The molecule has 0 unspecified atom stereocenters. The minimum absolute atomic E-state index is 0.133. The normalized spacial score (nSPS) is 11.3. The summed E-state index contributed by atoms with van der Waals surface area (Å²) in [5.41, 5.74) is 1.79. The van der Waals surface area contributed by atoms with Crippen molar-refractivity contribution >= 4 is 32.2 Å². The van der Waals surface area contributed by atoms with Gasteiger partial charge in [0, 0.05) is 10.4 Å². The molecule has 0 radical (unpaired) electrons. The lowest BCUT2D eigenvalue weighted by molar-refractivity contribution is -0.113. The number of nitrogens with one attached hydrogen (secondary N) is 1. The topological polar surface area (TPSA) is 76.1 Å². The van der Waals surface area contributed by atoms with Gasteiger partial charge in [-0.05, 0) is 18.6 Å². The predicted molar refractivity (Wildman–Crippen MR) is 104 cm³/mol. The molecule has 0 aliphatic carbocycles. The van der Waals surface area contributed by atoms with E-state index in [4.69, 9.17) is 0 Å². The van der Waals surface area contributed by atoms with Gasteiger partial charge in [-0.15, -0.1) is 11.3 Å². The molecular weight excluding hydrogens is 368 g/mol. The van der Waals surface area contributed by atoms with Crippen LogP contribution in [0, 0.1) is 0 Å². The maximum Gasteiger partial charge on any atom is 0.241 e. The Balaban J connectivity index is 1.77. The maximum absolute atomic E-state index is 12.3. The number of nitrogens with zero attached hydrogens (tertiary/aromatic N) is 1. The van der Waals surface area contributed by atoms with Crippen LogP contribution in [-0.2, 0) is 21.1 Å². The minimum Gasteiger partial charge on any atom is -0.301 e. The average Bonchev–Trinajstić information content (AvgIpc) is 3.05. The van der Waals surface area contributed by atoms with Crippen molar-refractivity contribution in [3.05, 3.63) is 65.5 Å². The van der Waals surface area contributed by atoms with Crippen molar-refractivity contribution in [1.29, 1.82) is 0 Å². The molecular formula is C19H18N2O3S2. The molecule has 0 fully saturated rings. The molecule has 0 aliphatic heterocycles. The zero-order chi connectivity index (χ0) is 18.6. The van der Waals surface area contributed by atoms with E-state index in [1.807, 2.05) is 37.3 Å². The predicted octanol–water partition coefficient (Wildman–Crippen LogP) is 3.78. The molecule has 1 aromatic heterocycles. The largest absolute Gasteiger partial charge is 0.301 e. The third-order valence-corrected chi connectivity index (χ3v) is 6.48. The fourth-order valence-electron chi connectivity index (χ4n) is 2.51. The number of hydrogen-bond donors (Lipinski definition) is 1. The maximum atomic E-state index is 12.3. The Morgan fingerprint density at radius 3 is 2.27 bits per heavy atom. The summed E-state index contributed by atoms with van der Waals surface area (Å²) in [4.78, 5) is 17.9. The van der Waals surface area contributed by atoms with Gasteiger partial charge in [0.05, 0.1) is 10.6 Å². The third kappa shape index (κ3) is 4.17. The number of aromatic nitrogens is 1. The van der Waals surface area contributed by atoms with Crippen molar-refractivity contribution in [3.8, 4) is 11.3 Å². The highest BCUT2D eigenvalue weighted by Gasteiger charge is 2.20. The summed E-state index contributed by atoms with van der Waals surface area (Å²) < 4.78 is 24.6. The van der Waals surface area contributed by atoms with Crippen LogP contribution in [0.3, 0.4) is 0 Å². The third-order valence-electron chi connectivity index (χ3n) is 3.74. The molecule has 3 rings (SSSR count). The number of carbonyl (C=O) groups is 1. The first-order valence-corrected chi connectivity index (χ1v) is 10.6. The first-order valence-electron chi connectivity index (χ1n) is 8.12. The molecule has 134 valence electrons. The van der Waals surface area contributed by atoms with Crippen molar-refractivity contribution in [3.63, 3.8) is 0 Å². The number of hydrogen-bond acceptors (Lipinski definition) is 5. The molecule has 0 saturated carbocycles. The van der Waals surface area contributed by atoms with Gasteiger partial charge in [-0.3, -0.25) is 4.79 Å². The highest BCUT2D eigenvalue weighted by atomic mass is 32.2. The molecule has 1 heterocycles. The number of carbonyl (C=O) groups excluding carboxylic acids is 1. The number of aryl methyl sites for hydroxylation is 1. The second-order valence-electron chi connectivity index (χ2n) is 5.63. The lowest BCUT2D eigenvalue weighted by atomic mass is 10.1. The lowest BCUT2D eigenvalue weighted by Crippen LogP contribution is -2.22. The molecule has 0 bridgehead atoms. The molecule has 0 spiro atoms. The van der Waals surface area contributed by atoms with Crippen LogP contribution >= 0.6 is 11.3 Å². The van der Waals surface area contributed by atoms with Crippen molar-refractivity contribution in [2.45, 2.75) is 18.2 Å². The van der Waals surface area contributed by atoms with Gasteiger partial charge in [0.2, 0.25) is 5.91 Å². The van der Waals surface area contributed by atoms with Crippen molar-refractivity contribution < 1.29 is 13.2 Å². The van der Waals surface area contributed by atoms with Crippen LogP contribution in [0.25, 0.3) is 11.3 Å². The van der Waals surface area contributed by atoms with Gasteiger partial charge in [-0.1, -0.05) is 55.5 Å². The Morgan fingerprint density at radius 1 is 1.04 bits per heavy atom. The monoisotopic (exact) mass is 386 g/mol. The SMILES string of the molecule is CCc1sc(NC(=O)CS(=O)(=O)c2ccccc2)nc1-c1ccccc1. The van der Waals surface area contributed by atoms with E-state index in [0.717, 1.165) is 22.6 Å².